The van der Waals surface area contributed by atoms with E-state index in [9.17, 15) is 0 Å². The van der Waals surface area contributed by atoms with Gasteiger partial charge in [-0.1, -0.05) is 38.1 Å². The molecule has 2 nitrogen and oxygen atoms in total. The van der Waals surface area contributed by atoms with Crippen molar-refractivity contribution in [2.45, 2.75) is 45.4 Å². The van der Waals surface area contributed by atoms with E-state index < -0.39 is 0 Å². The van der Waals surface area contributed by atoms with Gasteiger partial charge < -0.3 is 4.74 Å². The molecular weight excluding hydrogens is 206 g/mol. The summed E-state index contributed by atoms with van der Waals surface area (Å²) < 4.78 is 7.98. The molecule has 0 N–H and O–H groups in total. The zero-order valence-electron chi connectivity index (χ0n) is 10.0. The van der Waals surface area contributed by atoms with Crippen LogP contribution in [0.1, 0.15) is 45.4 Å². The number of ether oxygens (including phenoxy) is 1. The first kappa shape index (κ1) is 13.3. The van der Waals surface area contributed by atoms with Gasteiger partial charge >= 0.3 is 0 Å². The number of hydrogen-bond donors (Lipinski definition) is 0. The zero-order valence-corrected chi connectivity index (χ0v) is 10.9. The van der Waals surface area contributed by atoms with Crippen molar-refractivity contribution in [3.63, 3.8) is 0 Å². The highest BCUT2D eigenvalue weighted by Crippen LogP contribution is 2.15. The van der Waals surface area contributed by atoms with Gasteiger partial charge in [-0.2, -0.15) is 0 Å². The summed E-state index contributed by atoms with van der Waals surface area (Å²) in [5, 5.41) is 0. The lowest BCUT2D eigenvalue weighted by molar-refractivity contribution is 0.109. The second-order valence-electron chi connectivity index (χ2n) is 4.14. The quantitative estimate of drug-likeness (QED) is 0.514. The lowest BCUT2D eigenvalue weighted by Crippen LogP contribution is -2.24. The number of nitrogens with zero attached hydrogens (tertiary/aromatic N) is 1. The average Bonchev–Trinajstić information content (AvgIpc) is 2.20. The molecule has 0 aromatic heterocycles. The molecule has 0 bridgehead atoms. The van der Waals surface area contributed by atoms with Gasteiger partial charge in [-0.25, -0.2) is 0 Å². The van der Waals surface area contributed by atoms with Crippen molar-refractivity contribution < 1.29 is 4.74 Å². The van der Waals surface area contributed by atoms with Crippen molar-refractivity contribution in [2.75, 3.05) is 32.1 Å². The molecule has 90 valence electrons. The molecule has 0 spiro atoms. The molecule has 0 atom stereocenters. The topological polar surface area (TPSA) is 12.5 Å². The highest BCUT2D eigenvalue weighted by molar-refractivity contribution is 7.97. The van der Waals surface area contributed by atoms with Crippen LogP contribution >= 0.6 is 11.9 Å². The van der Waals surface area contributed by atoms with Crippen LogP contribution in [0.15, 0.2) is 0 Å². The zero-order chi connectivity index (χ0) is 10.8. The van der Waals surface area contributed by atoms with Gasteiger partial charge in [-0.15, -0.1) is 0 Å². The molecule has 0 radical (unpaired) electrons. The van der Waals surface area contributed by atoms with Crippen molar-refractivity contribution in [3.05, 3.63) is 0 Å². The van der Waals surface area contributed by atoms with E-state index in [0.29, 0.717) is 0 Å². The molecule has 1 heterocycles. The first-order valence-corrected chi connectivity index (χ1v) is 7.33. The van der Waals surface area contributed by atoms with Crippen LogP contribution in [0, 0.1) is 0 Å². The van der Waals surface area contributed by atoms with Gasteiger partial charge in [0.1, 0.15) is 0 Å². The third-order valence-corrected chi connectivity index (χ3v) is 3.87. The van der Waals surface area contributed by atoms with Crippen molar-refractivity contribution >= 4 is 11.9 Å². The minimum Gasteiger partial charge on any atom is -0.381 e. The normalized spacial score (nSPS) is 19.8. The Morgan fingerprint density at radius 1 is 1.07 bits per heavy atom. The van der Waals surface area contributed by atoms with E-state index in [1.165, 1.54) is 57.4 Å². The average molecular weight is 231 g/mol. The fourth-order valence-corrected chi connectivity index (χ4v) is 2.86. The standard InChI is InChI=1S/C12H25NOS/c1-2-3-4-5-12-15-13-8-6-10-14-11-7-9-13/h2-12H2,1H3. The Morgan fingerprint density at radius 2 is 1.80 bits per heavy atom. The monoisotopic (exact) mass is 231 g/mol. The van der Waals surface area contributed by atoms with Gasteiger partial charge in [0.25, 0.3) is 0 Å². The molecule has 3 heteroatoms. The molecule has 1 aliphatic rings. The number of unbranched alkanes of at least 4 members (excludes halogenated alkanes) is 3. The van der Waals surface area contributed by atoms with Gasteiger partial charge in [-0.3, -0.25) is 4.31 Å². The van der Waals surface area contributed by atoms with Gasteiger partial charge in [0, 0.05) is 32.1 Å². The number of hydrogen-bond acceptors (Lipinski definition) is 3. The Balaban J connectivity index is 1.97. The Bertz CT molecular complexity index is 136. The van der Waals surface area contributed by atoms with E-state index in [-0.39, 0.29) is 0 Å². The summed E-state index contributed by atoms with van der Waals surface area (Å²) in [6.07, 6.45) is 7.91. The first-order valence-electron chi connectivity index (χ1n) is 6.39. The van der Waals surface area contributed by atoms with E-state index in [0.717, 1.165) is 13.2 Å². The van der Waals surface area contributed by atoms with Gasteiger partial charge in [-0.05, 0) is 19.3 Å². The first-order chi connectivity index (χ1) is 7.43. The van der Waals surface area contributed by atoms with Crippen LogP contribution in [0.2, 0.25) is 0 Å². The molecule has 0 aromatic rings. The predicted molar refractivity (Wildman–Crippen MR) is 68.2 cm³/mol. The lowest BCUT2D eigenvalue weighted by atomic mass is 10.2. The van der Waals surface area contributed by atoms with E-state index in [2.05, 4.69) is 11.2 Å². The number of rotatable bonds is 6. The molecule has 1 rings (SSSR count). The van der Waals surface area contributed by atoms with Gasteiger partial charge in [0.15, 0.2) is 0 Å². The third-order valence-electron chi connectivity index (χ3n) is 2.66. The maximum absolute atomic E-state index is 5.44. The second kappa shape index (κ2) is 9.49. The molecular formula is C12H25NOS. The highest BCUT2D eigenvalue weighted by atomic mass is 32.2. The van der Waals surface area contributed by atoms with E-state index in [1.807, 2.05) is 11.9 Å². The highest BCUT2D eigenvalue weighted by Gasteiger charge is 2.07. The molecule has 15 heavy (non-hydrogen) atoms. The molecule has 0 amide bonds. The Hall–Kier alpha value is 0.270. The van der Waals surface area contributed by atoms with Crippen molar-refractivity contribution in [2.24, 2.45) is 0 Å². The van der Waals surface area contributed by atoms with Crippen LogP contribution < -0.4 is 0 Å². The van der Waals surface area contributed by atoms with Crippen LogP contribution in [0.4, 0.5) is 0 Å². The summed E-state index contributed by atoms with van der Waals surface area (Å²) in [5.74, 6) is 1.31. The van der Waals surface area contributed by atoms with Crippen molar-refractivity contribution in [1.82, 2.24) is 4.31 Å². The van der Waals surface area contributed by atoms with Crippen molar-refractivity contribution in [1.29, 1.82) is 0 Å². The minimum absolute atomic E-state index is 0.951. The summed E-state index contributed by atoms with van der Waals surface area (Å²) in [4.78, 5) is 0. The van der Waals surface area contributed by atoms with Crippen LogP contribution in [0.5, 0.6) is 0 Å². The Kier molecular flexibility index (Phi) is 8.44. The molecule has 0 saturated carbocycles. The third kappa shape index (κ3) is 7.20. The van der Waals surface area contributed by atoms with Crippen LogP contribution in [0.3, 0.4) is 0 Å². The SMILES string of the molecule is CCCCCCSN1CCCOCCC1. The Morgan fingerprint density at radius 3 is 2.47 bits per heavy atom. The fraction of sp³-hybridized carbons (Fsp3) is 1.00. The molecule has 0 aromatic carbocycles. The summed E-state index contributed by atoms with van der Waals surface area (Å²) in [6, 6.07) is 0. The smallest absolute Gasteiger partial charge is 0.0478 e. The molecule has 0 unspecified atom stereocenters. The van der Waals surface area contributed by atoms with Gasteiger partial charge in [0.05, 0.1) is 0 Å². The predicted octanol–water partition coefficient (Wildman–Crippen LogP) is 3.33. The molecule has 1 fully saturated rings. The van der Waals surface area contributed by atoms with Gasteiger partial charge in [0.2, 0.25) is 0 Å². The van der Waals surface area contributed by atoms with Crippen LogP contribution in [0.25, 0.3) is 0 Å². The maximum atomic E-state index is 5.44. The van der Waals surface area contributed by atoms with Crippen LogP contribution in [-0.2, 0) is 4.74 Å². The minimum atomic E-state index is 0.951. The maximum Gasteiger partial charge on any atom is 0.0478 e. The summed E-state index contributed by atoms with van der Waals surface area (Å²) in [6.45, 7) is 6.59. The van der Waals surface area contributed by atoms with E-state index >= 15 is 0 Å². The lowest BCUT2D eigenvalue weighted by Gasteiger charge is -2.23. The second-order valence-corrected chi connectivity index (χ2v) is 5.33. The summed E-state index contributed by atoms with van der Waals surface area (Å²) in [7, 11) is 0. The Labute approximate surface area is 98.9 Å². The molecule has 1 aliphatic heterocycles. The summed E-state index contributed by atoms with van der Waals surface area (Å²) in [5.41, 5.74) is 0. The summed E-state index contributed by atoms with van der Waals surface area (Å²) >= 11 is 2.05. The van der Waals surface area contributed by atoms with Crippen molar-refractivity contribution in [3.8, 4) is 0 Å². The van der Waals surface area contributed by atoms with Crippen LogP contribution in [-0.4, -0.2) is 36.4 Å². The van der Waals surface area contributed by atoms with E-state index in [1.54, 1.807) is 0 Å². The molecule has 1 saturated heterocycles. The largest absolute Gasteiger partial charge is 0.381 e. The van der Waals surface area contributed by atoms with E-state index in [4.69, 9.17) is 4.74 Å². The fourth-order valence-electron chi connectivity index (χ4n) is 1.75. The molecule has 0 aliphatic carbocycles.